The lowest BCUT2D eigenvalue weighted by atomic mass is 9.85. The summed E-state index contributed by atoms with van der Waals surface area (Å²) in [4.78, 5) is 23.8. The van der Waals surface area contributed by atoms with E-state index in [0.717, 1.165) is 18.4 Å². The average Bonchev–Trinajstić information content (AvgIpc) is 3.30. The average molecular weight is 436 g/mol. The van der Waals surface area contributed by atoms with Gasteiger partial charge in [-0.2, -0.15) is 0 Å². The number of halogens is 1. The van der Waals surface area contributed by atoms with Crippen molar-refractivity contribution in [3.05, 3.63) is 54.0 Å². The van der Waals surface area contributed by atoms with Crippen LogP contribution in [-0.4, -0.2) is 47.7 Å². The molecule has 2 aromatic heterocycles. The summed E-state index contributed by atoms with van der Waals surface area (Å²) in [5.74, 6) is 0.0125. The zero-order valence-corrected chi connectivity index (χ0v) is 18.2. The van der Waals surface area contributed by atoms with E-state index >= 15 is 0 Å². The number of likely N-dealkylation sites (tertiary alicyclic amines) is 1. The summed E-state index contributed by atoms with van der Waals surface area (Å²) >= 11 is 0. The highest BCUT2D eigenvalue weighted by Crippen LogP contribution is 2.27. The first kappa shape index (κ1) is 20.8. The molecule has 2 aliphatic rings. The molecule has 1 aliphatic heterocycles. The lowest BCUT2D eigenvalue weighted by Crippen LogP contribution is -3.15. The van der Waals surface area contributed by atoms with Gasteiger partial charge in [0.05, 0.1) is 42.5 Å². The van der Waals surface area contributed by atoms with Crippen LogP contribution in [-0.2, 0) is 0 Å². The minimum atomic E-state index is -0.381. The SMILES string of the molecule is CCOc1ccc(-c2cc(C(=O)NC3CC([NH+]4CCCC4)C3)c3ccc(F)cc3n2)cn1. The molecule has 166 valence electrons. The van der Waals surface area contributed by atoms with Crippen molar-refractivity contribution in [3.63, 3.8) is 0 Å². The quantitative estimate of drug-likeness (QED) is 0.625. The molecule has 1 saturated heterocycles. The standard InChI is InChI=1S/C25H27FN4O2/c1-2-32-24-8-5-16(15-27-24)22-14-21(20-7-6-17(26)11-23(20)29-22)25(31)28-18-12-19(13-18)30-9-3-4-10-30/h5-8,11,14-15,18-19H,2-4,9-10,12-13H2,1H3,(H,28,31)/p+1. The molecular weight excluding hydrogens is 407 g/mol. The molecule has 3 aromatic rings. The van der Waals surface area contributed by atoms with Gasteiger partial charge >= 0.3 is 0 Å². The summed E-state index contributed by atoms with van der Waals surface area (Å²) in [5, 5.41) is 3.83. The number of aromatic nitrogens is 2. The van der Waals surface area contributed by atoms with Crippen LogP contribution in [0.25, 0.3) is 22.2 Å². The Morgan fingerprint density at radius 2 is 2.00 bits per heavy atom. The molecule has 6 nitrogen and oxygen atoms in total. The number of pyridine rings is 2. The zero-order valence-electron chi connectivity index (χ0n) is 18.2. The molecule has 32 heavy (non-hydrogen) atoms. The maximum atomic E-state index is 13.9. The van der Waals surface area contributed by atoms with Crippen LogP contribution in [0.1, 0.15) is 43.0 Å². The van der Waals surface area contributed by atoms with Crippen LogP contribution >= 0.6 is 0 Å². The smallest absolute Gasteiger partial charge is 0.252 e. The first-order chi connectivity index (χ1) is 15.6. The van der Waals surface area contributed by atoms with E-state index in [4.69, 9.17) is 4.74 Å². The minimum absolute atomic E-state index is 0.135. The summed E-state index contributed by atoms with van der Waals surface area (Å²) in [6.07, 6.45) is 6.33. The molecule has 0 radical (unpaired) electrons. The maximum absolute atomic E-state index is 13.9. The van der Waals surface area contributed by atoms with Crippen LogP contribution in [0, 0.1) is 5.82 Å². The topological polar surface area (TPSA) is 68.5 Å². The van der Waals surface area contributed by atoms with E-state index in [0.29, 0.717) is 40.7 Å². The fraction of sp³-hybridized carbons (Fsp3) is 0.400. The molecule has 1 aliphatic carbocycles. The predicted molar refractivity (Wildman–Crippen MR) is 120 cm³/mol. The summed E-state index contributed by atoms with van der Waals surface area (Å²) in [6, 6.07) is 10.6. The largest absolute Gasteiger partial charge is 0.478 e. The highest BCUT2D eigenvalue weighted by Gasteiger charge is 2.39. The summed E-state index contributed by atoms with van der Waals surface area (Å²) in [6.45, 7) is 4.94. The third-order valence-electron chi connectivity index (χ3n) is 6.64. The number of nitrogens with one attached hydrogen (secondary N) is 2. The molecule has 2 fully saturated rings. The summed E-state index contributed by atoms with van der Waals surface area (Å²) in [5.41, 5.74) is 2.29. The lowest BCUT2D eigenvalue weighted by molar-refractivity contribution is -0.919. The number of nitrogens with zero attached hydrogens (tertiary/aromatic N) is 2. The molecule has 1 aromatic carbocycles. The number of hydrogen-bond donors (Lipinski definition) is 2. The van der Waals surface area contributed by atoms with Crippen LogP contribution in [0.5, 0.6) is 5.88 Å². The first-order valence-corrected chi connectivity index (χ1v) is 11.5. The van der Waals surface area contributed by atoms with Crippen molar-refractivity contribution >= 4 is 16.8 Å². The normalized spacial score (nSPS) is 20.8. The van der Waals surface area contributed by atoms with Crippen molar-refractivity contribution < 1.29 is 18.8 Å². The van der Waals surface area contributed by atoms with Crippen molar-refractivity contribution in [2.75, 3.05) is 19.7 Å². The molecule has 0 spiro atoms. The van der Waals surface area contributed by atoms with Crippen molar-refractivity contribution in [1.82, 2.24) is 15.3 Å². The van der Waals surface area contributed by atoms with Crippen molar-refractivity contribution in [2.45, 2.75) is 44.7 Å². The van der Waals surface area contributed by atoms with Gasteiger partial charge in [-0.25, -0.2) is 14.4 Å². The number of rotatable bonds is 6. The highest BCUT2D eigenvalue weighted by molar-refractivity contribution is 6.07. The Labute approximate surface area is 186 Å². The van der Waals surface area contributed by atoms with E-state index in [1.807, 2.05) is 13.0 Å². The molecule has 0 bridgehead atoms. The van der Waals surface area contributed by atoms with Gasteiger partial charge < -0.3 is 15.0 Å². The first-order valence-electron chi connectivity index (χ1n) is 11.5. The van der Waals surface area contributed by atoms with Crippen molar-refractivity contribution in [2.24, 2.45) is 0 Å². The summed E-state index contributed by atoms with van der Waals surface area (Å²) < 4.78 is 19.3. The molecule has 2 N–H and O–H groups in total. The molecule has 1 saturated carbocycles. The second-order valence-electron chi connectivity index (χ2n) is 8.74. The number of amides is 1. The molecule has 0 unspecified atom stereocenters. The third-order valence-corrected chi connectivity index (χ3v) is 6.64. The van der Waals surface area contributed by atoms with Gasteiger partial charge in [-0.15, -0.1) is 0 Å². The fourth-order valence-corrected chi connectivity index (χ4v) is 4.87. The van der Waals surface area contributed by atoms with Crippen LogP contribution in [0.4, 0.5) is 4.39 Å². The maximum Gasteiger partial charge on any atom is 0.252 e. The summed E-state index contributed by atoms with van der Waals surface area (Å²) in [7, 11) is 0. The van der Waals surface area contributed by atoms with E-state index in [9.17, 15) is 9.18 Å². The van der Waals surface area contributed by atoms with Crippen molar-refractivity contribution in [3.8, 4) is 17.1 Å². The van der Waals surface area contributed by atoms with Gasteiger partial charge in [-0.05, 0) is 31.2 Å². The number of quaternary nitrogens is 1. The van der Waals surface area contributed by atoms with E-state index in [1.54, 1.807) is 29.3 Å². The van der Waals surface area contributed by atoms with E-state index in [2.05, 4.69) is 15.3 Å². The Morgan fingerprint density at radius 1 is 1.19 bits per heavy atom. The third kappa shape index (κ3) is 4.17. The monoisotopic (exact) mass is 435 g/mol. The number of carbonyl (C=O) groups is 1. The van der Waals surface area contributed by atoms with Gasteiger partial charge in [-0.3, -0.25) is 4.79 Å². The molecule has 3 heterocycles. The number of fused-ring (bicyclic) bond motifs is 1. The van der Waals surface area contributed by atoms with E-state index in [-0.39, 0.29) is 17.8 Å². The Kier molecular flexibility index (Phi) is 5.74. The van der Waals surface area contributed by atoms with Crippen LogP contribution < -0.4 is 15.0 Å². The molecule has 7 heteroatoms. The fourth-order valence-electron chi connectivity index (χ4n) is 4.87. The van der Waals surface area contributed by atoms with Gasteiger partial charge in [0.25, 0.3) is 5.91 Å². The van der Waals surface area contributed by atoms with E-state index < -0.39 is 0 Å². The van der Waals surface area contributed by atoms with Crippen LogP contribution in [0.3, 0.4) is 0 Å². The molecule has 0 atom stereocenters. The zero-order chi connectivity index (χ0) is 22.1. The Hall–Kier alpha value is -3.06. The second-order valence-corrected chi connectivity index (χ2v) is 8.74. The second kappa shape index (κ2) is 8.82. The van der Waals surface area contributed by atoms with Gasteiger partial charge in [0, 0.05) is 61.0 Å². The molecular formula is C25H28FN4O2+. The minimum Gasteiger partial charge on any atom is -0.478 e. The number of benzene rings is 1. The number of hydrogen-bond acceptors (Lipinski definition) is 4. The van der Waals surface area contributed by atoms with Gasteiger partial charge in [0.15, 0.2) is 0 Å². The predicted octanol–water partition coefficient (Wildman–Crippen LogP) is 2.77. The Bertz CT molecular complexity index is 1120. The van der Waals surface area contributed by atoms with Crippen LogP contribution in [0.15, 0.2) is 42.6 Å². The van der Waals surface area contributed by atoms with E-state index in [1.165, 1.54) is 38.1 Å². The van der Waals surface area contributed by atoms with Gasteiger partial charge in [0.2, 0.25) is 5.88 Å². The van der Waals surface area contributed by atoms with Gasteiger partial charge in [0.1, 0.15) is 5.82 Å². The Morgan fingerprint density at radius 3 is 2.72 bits per heavy atom. The Balaban J connectivity index is 1.40. The molecule has 1 amide bonds. The van der Waals surface area contributed by atoms with Gasteiger partial charge in [-0.1, -0.05) is 0 Å². The number of ether oxygens (including phenoxy) is 1. The van der Waals surface area contributed by atoms with Crippen molar-refractivity contribution in [1.29, 1.82) is 0 Å². The lowest BCUT2D eigenvalue weighted by Gasteiger charge is -2.38. The molecule has 5 rings (SSSR count). The highest BCUT2D eigenvalue weighted by atomic mass is 19.1. The number of carbonyl (C=O) groups excluding carboxylic acids is 1. The van der Waals surface area contributed by atoms with Crippen LogP contribution in [0.2, 0.25) is 0 Å².